The second-order valence-corrected chi connectivity index (χ2v) is 26.9. The Morgan fingerprint density at radius 1 is 0.417 bits per heavy atom. The Balaban J connectivity index is 5.10. The van der Waals surface area contributed by atoms with E-state index in [1.807, 2.05) is 33.3 Å². The predicted octanol–water partition coefficient (Wildman–Crippen LogP) is 22.7. The second kappa shape index (κ2) is 63.5. The molecule has 2 N–H and O–H groups in total. The molecule has 0 aliphatic heterocycles. The van der Waals surface area contributed by atoms with E-state index in [-0.39, 0.29) is 31.5 Å². The highest BCUT2D eigenvalue weighted by Crippen LogP contribution is 2.43. The van der Waals surface area contributed by atoms with Gasteiger partial charge in [0.2, 0.25) is 5.91 Å². The van der Waals surface area contributed by atoms with E-state index in [1.165, 1.54) is 212 Å². The fourth-order valence-electron chi connectivity index (χ4n) is 10.3. The number of hydrogen-bond donors (Lipinski definition) is 2. The molecular formula is C74H138N2O7P+. The summed E-state index contributed by atoms with van der Waals surface area (Å²) < 4.78 is 30.8. The molecule has 0 fully saturated rings. The van der Waals surface area contributed by atoms with Crippen molar-refractivity contribution in [2.45, 2.75) is 348 Å². The summed E-state index contributed by atoms with van der Waals surface area (Å²) in [6, 6.07) is -0.857. The Kier molecular flexibility index (Phi) is 61.5. The van der Waals surface area contributed by atoms with E-state index in [0.29, 0.717) is 17.4 Å². The molecule has 0 aliphatic rings. The predicted molar refractivity (Wildman–Crippen MR) is 365 cm³/mol. The molecule has 0 rings (SSSR count). The van der Waals surface area contributed by atoms with Crippen LogP contribution in [0.1, 0.15) is 335 Å². The number of unbranched alkanes of at least 4 members (excludes halogenated alkanes) is 39. The Morgan fingerprint density at radius 2 is 0.726 bits per heavy atom. The molecule has 0 heterocycles. The number of likely N-dealkylation sites (N-methyl/N-ethyl adjacent to an activating group) is 1. The molecule has 0 spiro atoms. The number of ether oxygens (including phenoxy) is 1. The van der Waals surface area contributed by atoms with Gasteiger partial charge in [-0.1, -0.05) is 293 Å². The smallest absolute Gasteiger partial charge is 0.456 e. The lowest BCUT2D eigenvalue weighted by Crippen LogP contribution is -2.47. The Bertz CT molecular complexity index is 1670. The van der Waals surface area contributed by atoms with Crippen LogP contribution >= 0.6 is 7.82 Å². The number of rotatable bonds is 65. The zero-order valence-electron chi connectivity index (χ0n) is 56.1. The summed E-state index contributed by atoms with van der Waals surface area (Å²) in [6.07, 6.45) is 83.4. The minimum atomic E-state index is -4.46. The number of nitrogens with one attached hydrogen (secondary N) is 1. The summed E-state index contributed by atoms with van der Waals surface area (Å²) >= 11 is 0. The van der Waals surface area contributed by atoms with Gasteiger partial charge < -0.3 is 19.4 Å². The van der Waals surface area contributed by atoms with Crippen LogP contribution < -0.4 is 5.32 Å². The maximum absolute atomic E-state index is 13.6. The van der Waals surface area contributed by atoms with Gasteiger partial charge in [-0.3, -0.25) is 18.6 Å². The summed E-state index contributed by atoms with van der Waals surface area (Å²) in [5, 5.41) is 3.07. The standard InChI is InChI=1S/C74H137N2O7P/c1-7-10-13-16-19-22-25-28-30-32-34-36-38-40-42-44-46-48-51-54-57-60-63-66-73(77)75-71(70-82-84(79,80)81-69-68-76(4,5)6)72(65-62-59-56-53-50-27-24-21-18-15-12-9-3)83-74(78)67-64-61-58-55-52-49-47-45-43-41-39-37-35-33-31-29-26-23-20-17-14-11-8-2/h19,22,28-31,34,36,40,42,62,65,71-72H,7-18,20-21,23-27,32-33,35,37-39,41,43-61,63-64,66-70H2,1-6H3,(H-,75,77,79,80)/p+1/b22-19-,30-28-,31-29+,36-34-,42-40-,65-62+. The van der Waals surface area contributed by atoms with E-state index in [0.717, 1.165) is 89.9 Å². The Labute approximate surface area is 521 Å². The molecule has 3 unspecified atom stereocenters. The van der Waals surface area contributed by atoms with Crippen molar-refractivity contribution in [1.29, 1.82) is 0 Å². The lowest BCUT2D eigenvalue weighted by atomic mass is 10.0. The van der Waals surface area contributed by atoms with Gasteiger partial charge in [0, 0.05) is 12.8 Å². The van der Waals surface area contributed by atoms with E-state index in [2.05, 4.69) is 86.8 Å². The molecular weight excluding hydrogens is 1060 g/mol. The van der Waals surface area contributed by atoms with Crippen LogP contribution in [0.4, 0.5) is 0 Å². The van der Waals surface area contributed by atoms with Crippen molar-refractivity contribution >= 4 is 19.7 Å². The Hall–Kier alpha value is -2.55. The third-order valence-corrected chi connectivity index (χ3v) is 16.9. The molecule has 0 saturated carbocycles. The van der Waals surface area contributed by atoms with E-state index in [1.54, 1.807) is 0 Å². The van der Waals surface area contributed by atoms with Gasteiger partial charge in [0.05, 0.1) is 33.8 Å². The van der Waals surface area contributed by atoms with Gasteiger partial charge in [0.1, 0.15) is 19.3 Å². The van der Waals surface area contributed by atoms with Crippen molar-refractivity contribution in [2.24, 2.45) is 0 Å². The minimum Gasteiger partial charge on any atom is -0.456 e. The summed E-state index contributed by atoms with van der Waals surface area (Å²) in [4.78, 5) is 37.9. The molecule has 1 amide bonds. The quantitative estimate of drug-likeness (QED) is 0.0205. The van der Waals surface area contributed by atoms with Crippen molar-refractivity contribution in [3.05, 3.63) is 72.9 Å². The Morgan fingerprint density at radius 3 is 1.12 bits per heavy atom. The van der Waals surface area contributed by atoms with Crippen LogP contribution in [0.15, 0.2) is 72.9 Å². The van der Waals surface area contributed by atoms with Gasteiger partial charge in [-0.05, 0) is 102 Å². The van der Waals surface area contributed by atoms with E-state index >= 15 is 0 Å². The first-order valence-corrected chi connectivity index (χ1v) is 37.3. The zero-order chi connectivity index (χ0) is 61.4. The maximum atomic E-state index is 13.6. The number of esters is 1. The monoisotopic (exact) mass is 1200 g/mol. The SMILES string of the molecule is CCCCC/C=C\C/C=C\C/C=C\C/C=C\CCCCCCCCCC(=O)NC(COP(=O)(O)OCC[N+](C)(C)C)C(/C=C/CCCCCCCCCCCC)OC(=O)CCCCCCCCCCCCCCC/C=C/CCCCCCCC. The van der Waals surface area contributed by atoms with Crippen LogP contribution in [0.3, 0.4) is 0 Å². The van der Waals surface area contributed by atoms with Gasteiger partial charge in [-0.2, -0.15) is 0 Å². The normalized spacial score (nSPS) is 13.9. The van der Waals surface area contributed by atoms with Crippen LogP contribution in [0.2, 0.25) is 0 Å². The number of allylic oxidation sites excluding steroid dienone is 11. The molecule has 0 saturated heterocycles. The van der Waals surface area contributed by atoms with Gasteiger partial charge in [0.15, 0.2) is 0 Å². The van der Waals surface area contributed by atoms with Gasteiger partial charge >= 0.3 is 13.8 Å². The molecule has 10 heteroatoms. The van der Waals surface area contributed by atoms with E-state index in [4.69, 9.17) is 13.8 Å². The van der Waals surface area contributed by atoms with E-state index < -0.39 is 20.0 Å². The number of amides is 1. The van der Waals surface area contributed by atoms with Gasteiger partial charge in [0.25, 0.3) is 0 Å². The number of hydrogen-bond acceptors (Lipinski definition) is 6. The van der Waals surface area contributed by atoms with Crippen molar-refractivity contribution in [2.75, 3.05) is 40.9 Å². The molecule has 0 radical (unpaired) electrons. The number of carbonyl (C=O) groups excluding carboxylic acids is 2. The van der Waals surface area contributed by atoms with Crippen LogP contribution in [-0.2, 0) is 27.9 Å². The maximum Gasteiger partial charge on any atom is 0.472 e. The van der Waals surface area contributed by atoms with Crippen molar-refractivity contribution in [3.8, 4) is 0 Å². The summed E-state index contributed by atoms with van der Waals surface area (Å²) in [7, 11) is 1.49. The van der Waals surface area contributed by atoms with Gasteiger partial charge in [-0.25, -0.2) is 4.57 Å². The molecule has 0 bridgehead atoms. The molecule has 0 aliphatic carbocycles. The second-order valence-electron chi connectivity index (χ2n) is 25.4. The number of nitrogens with zero attached hydrogens (tertiary/aromatic N) is 1. The molecule has 0 aromatic carbocycles. The summed E-state index contributed by atoms with van der Waals surface area (Å²) in [6.45, 7) is 7.01. The third-order valence-electron chi connectivity index (χ3n) is 15.9. The van der Waals surface area contributed by atoms with Crippen LogP contribution in [0.25, 0.3) is 0 Å². The fraction of sp³-hybridized carbons (Fsp3) is 0.811. The number of carbonyl (C=O) groups is 2. The lowest BCUT2D eigenvalue weighted by molar-refractivity contribution is -0.870. The third kappa shape index (κ3) is 63.9. The molecule has 0 aromatic heterocycles. The molecule has 0 aromatic rings. The average Bonchev–Trinajstić information content (AvgIpc) is 3.64. The van der Waals surface area contributed by atoms with Crippen LogP contribution in [-0.4, -0.2) is 74.3 Å². The fourth-order valence-corrected chi connectivity index (χ4v) is 11.1. The highest BCUT2D eigenvalue weighted by molar-refractivity contribution is 7.47. The topological polar surface area (TPSA) is 111 Å². The first-order chi connectivity index (χ1) is 40.9. The summed E-state index contributed by atoms with van der Waals surface area (Å²) in [5.74, 6) is -0.508. The molecule has 3 atom stereocenters. The minimum absolute atomic E-state index is 0.0366. The van der Waals surface area contributed by atoms with Crippen molar-refractivity contribution < 1.29 is 37.3 Å². The van der Waals surface area contributed by atoms with E-state index in [9.17, 15) is 19.0 Å². The van der Waals surface area contributed by atoms with Gasteiger partial charge in [-0.15, -0.1) is 0 Å². The zero-order valence-corrected chi connectivity index (χ0v) is 57.0. The average molecular weight is 1200 g/mol. The number of quaternary nitrogens is 1. The van der Waals surface area contributed by atoms with Crippen molar-refractivity contribution in [1.82, 2.24) is 5.32 Å². The van der Waals surface area contributed by atoms with Crippen LogP contribution in [0, 0.1) is 0 Å². The lowest BCUT2D eigenvalue weighted by Gasteiger charge is -2.27. The van der Waals surface area contributed by atoms with Crippen molar-refractivity contribution in [3.63, 3.8) is 0 Å². The highest BCUT2D eigenvalue weighted by Gasteiger charge is 2.30. The molecule has 9 nitrogen and oxygen atoms in total. The number of phosphoric ester groups is 1. The van der Waals surface area contributed by atoms with Crippen LogP contribution in [0.5, 0.6) is 0 Å². The molecule has 84 heavy (non-hydrogen) atoms. The summed E-state index contributed by atoms with van der Waals surface area (Å²) in [5.41, 5.74) is 0. The number of phosphoric acid groups is 1. The first-order valence-electron chi connectivity index (χ1n) is 35.8. The first kappa shape index (κ1) is 81.5. The highest BCUT2D eigenvalue weighted by atomic mass is 31.2. The molecule has 490 valence electrons. The largest absolute Gasteiger partial charge is 0.472 e.